The molecule has 30 heavy (non-hydrogen) atoms. The molecule has 0 aliphatic heterocycles. The van der Waals surface area contributed by atoms with Gasteiger partial charge in [-0.25, -0.2) is 4.52 Å². The topological polar surface area (TPSA) is 76.4 Å². The van der Waals surface area contributed by atoms with Crippen LogP contribution in [0, 0.1) is 0 Å². The highest BCUT2D eigenvalue weighted by atomic mass is 35.5. The van der Waals surface area contributed by atoms with E-state index in [1.54, 1.807) is 22.0 Å². The fourth-order valence-electron chi connectivity index (χ4n) is 2.95. The number of hydrogen-bond acceptors (Lipinski definition) is 5. The second-order valence-corrected chi connectivity index (χ2v) is 8.25. The maximum absolute atomic E-state index is 12.4. The van der Waals surface area contributed by atoms with Crippen molar-refractivity contribution in [3.63, 3.8) is 0 Å². The molecule has 0 saturated heterocycles. The zero-order chi connectivity index (χ0) is 21.1. The van der Waals surface area contributed by atoms with Crippen LogP contribution in [0.4, 0.5) is 0 Å². The Morgan fingerprint density at radius 3 is 2.40 bits per heavy atom. The van der Waals surface area contributed by atoms with Crippen molar-refractivity contribution in [1.82, 2.24) is 19.9 Å². The van der Waals surface area contributed by atoms with Gasteiger partial charge < -0.3 is 5.32 Å². The first-order valence-corrected chi connectivity index (χ1v) is 10.7. The van der Waals surface area contributed by atoms with Crippen LogP contribution in [0.15, 0.2) is 58.7 Å². The molecule has 0 saturated carbocycles. The molecule has 6 nitrogen and oxygen atoms in total. The van der Waals surface area contributed by atoms with Gasteiger partial charge in [0.05, 0.1) is 12.1 Å². The normalized spacial score (nSPS) is 11.0. The van der Waals surface area contributed by atoms with Crippen molar-refractivity contribution < 1.29 is 4.79 Å². The van der Waals surface area contributed by atoms with E-state index >= 15 is 0 Å². The largest absolute Gasteiger partial charge is 0.352 e. The van der Waals surface area contributed by atoms with Crippen LogP contribution in [0.3, 0.4) is 0 Å². The molecular formula is C21H16Cl2N4O2S. The Kier molecular flexibility index (Phi) is 6.13. The molecule has 9 heteroatoms. The molecule has 2 aromatic carbocycles. The standard InChI is InChI=1S/C21H16Cl2N4O2S/c22-16-7-3-1-5-13(16)9-18-20(29)25-21-27(26-18)15(12-30-21)10-19(28)24-11-14-6-2-4-8-17(14)23/h1-8,12H,9-11H2,(H,24,28). The van der Waals surface area contributed by atoms with Gasteiger partial charge in [0, 0.05) is 28.4 Å². The van der Waals surface area contributed by atoms with Gasteiger partial charge in [-0.1, -0.05) is 59.6 Å². The number of fused-ring (bicyclic) bond motifs is 1. The van der Waals surface area contributed by atoms with Crippen LogP contribution in [0.25, 0.3) is 4.96 Å². The molecule has 0 radical (unpaired) electrons. The molecule has 0 atom stereocenters. The lowest BCUT2D eigenvalue weighted by Gasteiger charge is -2.07. The van der Waals surface area contributed by atoms with Gasteiger partial charge >= 0.3 is 0 Å². The van der Waals surface area contributed by atoms with Gasteiger partial charge in [-0.15, -0.1) is 11.3 Å². The summed E-state index contributed by atoms with van der Waals surface area (Å²) in [5.41, 5.74) is 2.16. The lowest BCUT2D eigenvalue weighted by Crippen LogP contribution is -2.26. The van der Waals surface area contributed by atoms with Crippen LogP contribution < -0.4 is 10.9 Å². The van der Waals surface area contributed by atoms with Gasteiger partial charge in [0.2, 0.25) is 10.9 Å². The first-order valence-electron chi connectivity index (χ1n) is 9.11. The number of carbonyl (C=O) groups excluding carboxylic acids is 1. The van der Waals surface area contributed by atoms with Crippen LogP contribution in [0.5, 0.6) is 0 Å². The summed E-state index contributed by atoms with van der Waals surface area (Å²) in [6, 6.07) is 14.6. The summed E-state index contributed by atoms with van der Waals surface area (Å²) in [5, 5.41) is 10.3. The number of halogens is 2. The quantitative estimate of drug-likeness (QED) is 0.475. The van der Waals surface area contributed by atoms with E-state index in [0.717, 1.165) is 11.1 Å². The number of benzene rings is 2. The zero-order valence-corrected chi connectivity index (χ0v) is 18.0. The number of nitrogens with zero attached hydrogens (tertiary/aromatic N) is 3. The molecular weight excluding hydrogens is 443 g/mol. The fraction of sp³-hybridized carbons (Fsp3) is 0.143. The molecule has 0 bridgehead atoms. The van der Waals surface area contributed by atoms with Crippen molar-refractivity contribution in [1.29, 1.82) is 0 Å². The molecule has 2 heterocycles. The minimum absolute atomic E-state index is 0.105. The van der Waals surface area contributed by atoms with E-state index in [1.807, 2.05) is 36.4 Å². The number of amides is 1. The molecule has 2 aromatic heterocycles. The zero-order valence-electron chi connectivity index (χ0n) is 15.6. The maximum atomic E-state index is 12.4. The first kappa shape index (κ1) is 20.5. The van der Waals surface area contributed by atoms with Crippen LogP contribution in [-0.4, -0.2) is 20.5 Å². The summed E-state index contributed by atoms with van der Waals surface area (Å²) in [4.78, 5) is 29.3. The van der Waals surface area contributed by atoms with Gasteiger partial charge in [0.25, 0.3) is 5.56 Å². The first-order chi connectivity index (χ1) is 14.5. The highest BCUT2D eigenvalue weighted by molar-refractivity contribution is 7.15. The van der Waals surface area contributed by atoms with Crippen molar-refractivity contribution in [3.05, 3.63) is 96.8 Å². The van der Waals surface area contributed by atoms with Crippen LogP contribution in [0.1, 0.15) is 22.5 Å². The van der Waals surface area contributed by atoms with Gasteiger partial charge in [-0.3, -0.25) is 9.59 Å². The summed E-state index contributed by atoms with van der Waals surface area (Å²) in [7, 11) is 0. The molecule has 4 aromatic rings. The van der Waals surface area contributed by atoms with Crippen LogP contribution in [0.2, 0.25) is 10.0 Å². The fourth-order valence-corrected chi connectivity index (χ4v) is 4.17. The molecule has 1 amide bonds. The van der Waals surface area contributed by atoms with E-state index in [2.05, 4.69) is 15.4 Å². The van der Waals surface area contributed by atoms with E-state index in [1.165, 1.54) is 11.3 Å². The average Bonchev–Trinajstić information content (AvgIpc) is 3.10. The summed E-state index contributed by atoms with van der Waals surface area (Å²) < 4.78 is 1.55. The monoisotopic (exact) mass is 458 g/mol. The summed E-state index contributed by atoms with van der Waals surface area (Å²) in [6.07, 6.45) is 0.371. The van der Waals surface area contributed by atoms with Crippen molar-refractivity contribution in [2.24, 2.45) is 0 Å². The predicted molar refractivity (Wildman–Crippen MR) is 118 cm³/mol. The SMILES string of the molecule is O=C(Cc1csc2nc(=O)c(Cc3ccccc3Cl)nn12)NCc1ccccc1Cl. The van der Waals surface area contributed by atoms with Crippen molar-refractivity contribution in [2.45, 2.75) is 19.4 Å². The highest BCUT2D eigenvalue weighted by Gasteiger charge is 2.14. The molecule has 152 valence electrons. The van der Waals surface area contributed by atoms with E-state index in [-0.39, 0.29) is 24.4 Å². The summed E-state index contributed by atoms with van der Waals surface area (Å²) in [6.45, 7) is 0.333. The Morgan fingerprint density at radius 1 is 1.03 bits per heavy atom. The van der Waals surface area contributed by atoms with Crippen molar-refractivity contribution in [2.75, 3.05) is 0 Å². The van der Waals surface area contributed by atoms with E-state index < -0.39 is 5.56 Å². The highest BCUT2D eigenvalue weighted by Crippen LogP contribution is 2.18. The number of carbonyl (C=O) groups is 1. The molecule has 0 aliphatic carbocycles. The maximum Gasteiger partial charge on any atom is 0.296 e. The molecule has 1 N–H and O–H groups in total. The summed E-state index contributed by atoms with van der Waals surface area (Å²) in [5.74, 6) is -0.178. The number of hydrogen-bond donors (Lipinski definition) is 1. The van der Waals surface area contributed by atoms with E-state index in [4.69, 9.17) is 23.2 Å². The molecule has 4 rings (SSSR count). The Hall–Kier alpha value is -2.74. The van der Waals surface area contributed by atoms with Gasteiger partial charge in [0.15, 0.2) is 0 Å². The second kappa shape index (κ2) is 8.95. The van der Waals surface area contributed by atoms with Gasteiger partial charge in [-0.2, -0.15) is 10.1 Å². The average molecular weight is 459 g/mol. The Labute approximate surface area is 186 Å². The predicted octanol–water partition coefficient (Wildman–Crippen LogP) is 3.91. The third-order valence-electron chi connectivity index (χ3n) is 4.51. The Balaban J connectivity index is 1.53. The van der Waals surface area contributed by atoms with Crippen molar-refractivity contribution >= 4 is 45.4 Å². The number of thiazole rings is 1. The van der Waals surface area contributed by atoms with Gasteiger partial charge in [-0.05, 0) is 23.3 Å². The van der Waals surface area contributed by atoms with E-state index in [0.29, 0.717) is 27.2 Å². The van der Waals surface area contributed by atoms with Crippen molar-refractivity contribution in [3.8, 4) is 0 Å². The number of aromatic nitrogens is 3. The molecule has 0 unspecified atom stereocenters. The molecule has 0 fully saturated rings. The summed E-state index contributed by atoms with van der Waals surface area (Å²) >= 11 is 13.6. The molecule has 0 aliphatic rings. The Bertz CT molecular complexity index is 1290. The van der Waals surface area contributed by atoms with Gasteiger partial charge in [0.1, 0.15) is 5.69 Å². The number of rotatable bonds is 6. The second-order valence-electron chi connectivity index (χ2n) is 6.60. The minimum Gasteiger partial charge on any atom is -0.352 e. The van der Waals surface area contributed by atoms with E-state index in [9.17, 15) is 9.59 Å². The van der Waals surface area contributed by atoms with Crippen LogP contribution in [-0.2, 0) is 24.2 Å². The minimum atomic E-state index is -0.397. The number of nitrogens with one attached hydrogen (secondary N) is 1. The smallest absolute Gasteiger partial charge is 0.296 e. The third-order valence-corrected chi connectivity index (χ3v) is 6.11. The molecule has 0 spiro atoms. The van der Waals surface area contributed by atoms with Crippen LogP contribution >= 0.6 is 34.5 Å². The lowest BCUT2D eigenvalue weighted by atomic mass is 10.1. The Morgan fingerprint density at radius 2 is 1.70 bits per heavy atom. The third kappa shape index (κ3) is 4.53. The lowest BCUT2D eigenvalue weighted by molar-refractivity contribution is -0.120.